The first kappa shape index (κ1) is 22.1. The van der Waals surface area contributed by atoms with Crippen LogP contribution in [0.4, 0.5) is 0 Å². The van der Waals surface area contributed by atoms with E-state index in [1.807, 2.05) is 12.1 Å². The third kappa shape index (κ3) is 4.55. The molecule has 2 heterocycles. The second kappa shape index (κ2) is 9.17. The molecule has 1 aliphatic heterocycles. The van der Waals surface area contributed by atoms with Crippen molar-refractivity contribution >= 4 is 16.8 Å². The molecule has 1 aliphatic rings. The van der Waals surface area contributed by atoms with E-state index in [-0.39, 0.29) is 11.3 Å². The summed E-state index contributed by atoms with van der Waals surface area (Å²) in [4.78, 5) is 25.6. The number of carbonyl (C=O) groups excluding carboxylic acids is 1. The van der Waals surface area contributed by atoms with Gasteiger partial charge in [0.05, 0.1) is 46.3 Å². The Hall–Kier alpha value is -3.12. The Morgan fingerprint density at radius 1 is 1.00 bits per heavy atom. The molecule has 0 N–H and O–H groups in total. The molecular formula is C26H30NO5+. The number of benzene rings is 2. The summed E-state index contributed by atoms with van der Waals surface area (Å²) in [6, 6.07) is 12.4. The molecule has 1 saturated heterocycles. The minimum Gasteiger partial charge on any atom is -0.496 e. The predicted molar refractivity (Wildman–Crippen MR) is 124 cm³/mol. The minimum absolute atomic E-state index is 0.0138. The molecule has 0 radical (unpaired) electrons. The van der Waals surface area contributed by atoms with Crippen LogP contribution in [0.1, 0.15) is 40.7 Å². The molecule has 32 heavy (non-hydrogen) atoms. The number of likely N-dealkylation sites (tertiary alicyclic amines) is 1. The topological polar surface area (TPSA) is 65.7 Å². The van der Waals surface area contributed by atoms with Gasteiger partial charge in [0.1, 0.15) is 22.6 Å². The number of hydrogen-bond donors (Lipinski definition) is 0. The van der Waals surface area contributed by atoms with Crippen LogP contribution in [0.5, 0.6) is 11.5 Å². The third-order valence-electron chi connectivity index (χ3n) is 6.54. The first-order valence-electron chi connectivity index (χ1n) is 11.1. The van der Waals surface area contributed by atoms with Crippen LogP contribution in [-0.2, 0) is 6.42 Å². The molecule has 3 aromatic rings. The number of carbonyl (C=O) groups is 1. The third-order valence-corrected chi connectivity index (χ3v) is 6.54. The van der Waals surface area contributed by atoms with Gasteiger partial charge in [-0.2, -0.15) is 0 Å². The summed E-state index contributed by atoms with van der Waals surface area (Å²) in [6.07, 6.45) is 4.92. The van der Waals surface area contributed by atoms with E-state index >= 15 is 0 Å². The number of hydrogen-bond acceptors (Lipinski definition) is 5. The zero-order chi connectivity index (χ0) is 22.7. The fourth-order valence-corrected chi connectivity index (χ4v) is 4.48. The van der Waals surface area contributed by atoms with Crippen LogP contribution in [-0.4, -0.2) is 51.2 Å². The van der Waals surface area contributed by atoms with E-state index in [1.165, 1.54) is 58.2 Å². The number of likely N-dealkylation sites (N-methyl/N-ethyl adjacent to an activating group) is 1. The zero-order valence-electron chi connectivity index (χ0n) is 19.0. The maximum Gasteiger partial charge on any atom is 0.347 e. The molecule has 168 valence electrons. The lowest BCUT2D eigenvalue weighted by atomic mass is 10.0. The fourth-order valence-electron chi connectivity index (χ4n) is 4.48. The van der Waals surface area contributed by atoms with Gasteiger partial charge in [0.15, 0.2) is 5.78 Å². The average molecular weight is 437 g/mol. The lowest BCUT2D eigenvalue weighted by Crippen LogP contribution is -2.49. The molecule has 0 bridgehead atoms. The lowest BCUT2D eigenvalue weighted by Gasteiger charge is -2.37. The maximum atomic E-state index is 13.1. The summed E-state index contributed by atoms with van der Waals surface area (Å²) in [7, 11) is 5.38. The highest BCUT2D eigenvalue weighted by molar-refractivity contribution is 6.10. The van der Waals surface area contributed by atoms with E-state index in [9.17, 15) is 9.59 Å². The summed E-state index contributed by atoms with van der Waals surface area (Å²) >= 11 is 0. The van der Waals surface area contributed by atoms with Gasteiger partial charge in [-0.15, -0.1) is 0 Å². The van der Waals surface area contributed by atoms with Gasteiger partial charge < -0.3 is 18.4 Å². The second-order valence-corrected chi connectivity index (χ2v) is 8.82. The van der Waals surface area contributed by atoms with Crippen LogP contribution < -0.4 is 15.1 Å². The highest BCUT2D eigenvalue weighted by Gasteiger charge is 2.24. The number of piperidine rings is 1. The maximum absolute atomic E-state index is 13.1. The van der Waals surface area contributed by atoms with E-state index < -0.39 is 5.63 Å². The van der Waals surface area contributed by atoms with Crippen molar-refractivity contribution in [3.8, 4) is 11.5 Å². The molecule has 1 fully saturated rings. The molecule has 1 aromatic heterocycles. The van der Waals surface area contributed by atoms with E-state index in [1.54, 1.807) is 24.3 Å². The van der Waals surface area contributed by atoms with Crippen LogP contribution in [0.25, 0.3) is 11.0 Å². The molecule has 0 aliphatic carbocycles. The summed E-state index contributed by atoms with van der Waals surface area (Å²) in [6.45, 7) is 3.58. The van der Waals surface area contributed by atoms with E-state index in [0.29, 0.717) is 28.0 Å². The van der Waals surface area contributed by atoms with Crippen molar-refractivity contribution in [1.82, 2.24) is 0 Å². The molecule has 0 spiro atoms. The zero-order valence-corrected chi connectivity index (χ0v) is 19.0. The van der Waals surface area contributed by atoms with Crippen LogP contribution in [0.2, 0.25) is 0 Å². The normalized spacial score (nSPS) is 15.5. The highest BCUT2D eigenvalue weighted by atomic mass is 16.5. The molecule has 0 unspecified atom stereocenters. The monoisotopic (exact) mass is 436 g/mol. The Kier molecular flexibility index (Phi) is 6.33. The summed E-state index contributed by atoms with van der Waals surface area (Å²) in [5.74, 6) is 0.620. The van der Waals surface area contributed by atoms with E-state index in [2.05, 4.69) is 7.05 Å². The number of rotatable bonds is 7. The molecular weight excluding hydrogens is 406 g/mol. The van der Waals surface area contributed by atoms with E-state index in [4.69, 9.17) is 13.9 Å². The highest BCUT2D eigenvalue weighted by Crippen LogP contribution is 2.31. The number of fused-ring (bicyclic) bond motifs is 1. The molecule has 6 nitrogen and oxygen atoms in total. The molecule has 6 heteroatoms. The van der Waals surface area contributed by atoms with Gasteiger partial charge >= 0.3 is 5.63 Å². The Balaban J connectivity index is 1.56. The molecule has 4 rings (SSSR count). The second-order valence-electron chi connectivity index (χ2n) is 8.82. The van der Waals surface area contributed by atoms with Crippen molar-refractivity contribution in [2.24, 2.45) is 0 Å². The molecule has 0 amide bonds. The Bertz CT molecular complexity index is 1170. The van der Waals surface area contributed by atoms with E-state index in [0.717, 1.165) is 17.4 Å². The van der Waals surface area contributed by atoms with Crippen LogP contribution in [0.15, 0.2) is 51.7 Å². The smallest absolute Gasteiger partial charge is 0.347 e. The van der Waals surface area contributed by atoms with Crippen molar-refractivity contribution in [2.45, 2.75) is 25.7 Å². The van der Waals surface area contributed by atoms with Gasteiger partial charge in [0, 0.05) is 24.1 Å². The number of methoxy groups -OCH3 is 2. The quantitative estimate of drug-likeness (QED) is 0.315. The minimum atomic E-state index is -0.676. The van der Waals surface area contributed by atoms with Gasteiger partial charge in [0.25, 0.3) is 0 Å². The Morgan fingerprint density at radius 3 is 2.38 bits per heavy atom. The number of ether oxygens (including phenoxy) is 2. The largest absolute Gasteiger partial charge is 0.496 e. The van der Waals surface area contributed by atoms with Gasteiger partial charge in [-0.05, 0) is 30.9 Å². The van der Waals surface area contributed by atoms with Crippen molar-refractivity contribution in [2.75, 3.05) is 40.9 Å². The van der Waals surface area contributed by atoms with Gasteiger partial charge in [-0.1, -0.05) is 24.3 Å². The SMILES string of the molecule is COc1cc(OC)c2cc(C(=O)c3ccc(CC[N+]4(C)CCCCC4)cc3)c(=O)oc2c1. The van der Waals surface area contributed by atoms with Gasteiger partial charge in [0.2, 0.25) is 0 Å². The molecule has 0 saturated carbocycles. The average Bonchev–Trinajstić information content (AvgIpc) is 2.82. The van der Waals surface area contributed by atoms with Crippen molar-refractivity contribution < 1.29 is 23.2 Å². The fraction of sp³-hybridized carbons (Fsp3) is 0.385. The summed E-state index contributed by atoms with van der Waals surface area (Å²) in [5, 5.41) is 0.548. The van der Waals surface area contributed by atoms with Crippen molar-refractivity contribution in [3.63, 3.8) is 0 Å². The Morgan fingerprint density at radius 2 is 1.72 bits per heavy atom. The predicted octanol–water partition coefficient (Wildman–Crippen LogP) is 4.21. The molecule has 0 atom stereocenters. The molecule has 2 aromatic carbocycles. The first-order valence-corrected chi connectivity index (χ1v) is 11.1. The van der Waals surface area contributed by atoms with Crippen LogP contribution >= 0.6 is 0 Å². The van der Waals surface area contributed by atoms with Crippen LogP contribution in [0, 0.1) is 0 Å². The van der Waals surface area contributed by atoms with Crippen LogP contribution in [0.3, 0.4) is 0 Å². The van der Waals surface area contributed by atoms with Gasteiger partial charge in [-0.25, -0.2) is 4.79 Å². The Labute approximate surface area is 188 Å². The summed E-state index contributed by atoms with van der Waals surface area (Å²) < 4.78 is 17.2. The number of ketones is 1. The first-order chi connectivity index (χ1) is 15.4. The van der Waals surface area contributed by atoms with Crippen molar-refractivity contribution in [1.29, 1.82) is 0 Å². The lowest BCUT2D eigenvalue weighted by molar-refractivity contribution is -0.913. The summed E-state index contributed by atoms with van der Waals surface area (Å²) in [5.41, 5.74) is 1.29. The van der Waals surface area contributed by atoms with Gasteiger partial charge in [-0.3, -0.25) is 4.79 Å². The van der Waals surface area contributed by atoms with Crippen molar-refractivity contribution in [3.05, 3.63) is 69.6 Å². The number of nitrogens with zero attached hydrogens (tertiary/aromatic N) is 1. The number of quaternary nitrogens is 1. The standard InChI is InChI=1S/C26H30NO5/c1-27(12-5-4-6-13-27)14-11-18-7-9-19(10-8-18)25(28)22-17-21-23(31-3)15-20(30-2)16-24(21)32-26(22)29/h7-10,15-17H,4-6,11-14H2,1-3H3/q+1.